The van der Waals surface area contributed by atoms with E-state index in [1.54, 1.807) is 0 Å². The van der Waals surface area contributed by atoms with E-state index in [1.165, 1.54) is 25.3 Å². The van der Waals surface area contributed by atoms with Gasteiger partial charge in [-0.25, -0.2) is 17.9 Å². The first-order chi connectivity index (χ1) is 9.40. The molecule has 0 aliphatic rings. The van der Waals surface area contributed by atoms with Crippen molar-refractivity contribution in [2.24, 2.45) is 0 Å². The summed E-state index contributed by atoms with van der Waals surface area (Å²) < 4.78 is 36.4. The predicted molar refractivity (Wildman–Crippen MR) is 77.1 cm³/mol. The van der Waals surface area contributed by atoms with Crippen molar-refractivity contribution in [3.63, 3.8) is 0 Å². The van der Waals surface area contributed by atoms with Crippen LogP contribution >= 0.6 is 15.9 Å². The summed E-state index contributed by atoms with van der Waals surface area (Å²) in [5, 5.41) is 0. The molecule has 8 heteroatoms. The zero-order valence-corrected chi connectivity index (χ0v) is 13.6. The Morgan fingerprint density at radius 1 is 1.40 bits per heavy atom. The topological polar surface area (TPSA) is 81.7 Å². The van der Waals surface area contributed by atoms with Gasteiger partial charge in [0.1, 0.15) is 5.75 Å². The maximum absolute atomic E-state index is 11.9. The maximum atomic E-state index is 11.9. The first kappa shape index (κ1) is 16.9. The fourth-order valence-electron chi connectivity index (χ4n) is 1.28. The second kappa shape index (κ2) is 7.61. The summed E-state index contributed by atoms with van der Waals surface area (Å²) in [4.78, 5) is 11.1. The number of halogens is 1. The van der Waals surface area contributed by atoms with Gasteiger partial charge in [0, 0.05) is 6.54 Å². The van der Waals surface area contributed by atoms with Crippen molar-refractivity contribution in [2.75, 3.05) is 20.3 Å². The van der Waals surface area contributed by atoms with E-state index in [2.05, 4.69) is 25.4 Å². The number of carbonyl (C=O) groups excluding carboxylic acids is 1. The normalized spacial score (nSPS) is 11.2. The van der Waals surface area contributed by atoms with Gasteiger partial charge in [-0.2, -0.15) is 0 Å². The summed E-state index contributed by atoms with van der Waals surface area (Å²) in [5.74, 6) is -0.150. The van der Waals surface area contributed by atoms with Crippen LogP contribution in [-0.4, -0.2) is 34.6 Å². The molecule has 1 N–H and O–H groups in total. The van der Waals surface area contributed by atoms with Gasteiger partial charge >= 0.3 is 5.97 Å². The standard InChI is InChI=1S/C12H16BrNO5S/c1-3-6-14-20(16,17)9-4-5-11(10(13)7-9)19-8-12(15)18-2/h4-5,7,14H,3,6,8H2,1-2H3. The van der Waals surface area contributed by atoms with Crippen molar-refractivity contribution < 1.29 is 22.7 Å². The van der Waals surface area contributed by atoms with Gasteiger partial charge in [0.25, 0.3) is 0 Å². The molecule has 20 heavy (non-hydrogen) atoms. The molecule has 0 atom stereocenters. The van der Waals surface area contributed by atoms with E-state index in [0.717, 1.165) is 0 Å². The zero-order valence-electron chi connectivity index (χ0n) is 11.2. The lowest BCUT2D eigenvalue weighted by atomic mass is 10.3. The van der Waals surface area contributed by atoms with E-state index in [9.17, 15) is 13.2 Å². The highest BCUT2D eigenvalue weighted by Crippen LogP contribution is 2.27. The van der Waals surface area contributed by atoms with Gasteiger partial charge in [-0.15, -0.1) is 0 Å². The number of hydrogen-bond acceptors (Lipinski definition) is 5. The van der Waals surface area contributed by atoms with E-state index >= 15 is 0 Å². The molecule has 0 saturated carbocycles. The smallest absolute Gasteiger partial charge is 0.343 e. The third-order valence-electron chi connectivity index (χ3n) is 2.33. The van der Waals surface area contributed by atoms with E-state index in [-0.39, 0.29) is 11.5 Å². The highest BCUT2D eigenvalue weighted by molar-refractivity contribution is 9.10. The molecule has 0 aliphatic heterocycles. The Morgan fingerprint density at radius 2 is 2.10 bits per heavy atom. The van der Waals surface area contributed by atoms with E-state index in [0.29, 0.717) is 23.2 Å². The van der Waals surface area contributed by atoms with Gasteiger partial charge < -0.3 is 9.47 Å². The Bertz CT molecular complexity index is 573. The molecule has 0 fully saturated rings. The van der Waals surface area contributed by atoms with Gasteiger partial charge in [-0.1, -0.05) is 6.92 Å². The summed E-state index contributed by atoms with van der Waals surface area (Å²) in [6, 6.07) is 4.31. The molecule has 0 radical (unpaired) electrons. The van der Waals surface area contributed by atoms with Gasteiger partial charge in [-0.3, -0.25) is 0 Å². The molecule has 1 aromatic rings. The molecule has 0 unspecified atom stereocenters. The van der Waals surface area contributed by atoms with Crippen LogP contribution in [0.2, 0.25) is 0 Å². The van der Waals surface area contributed by atoms with Gasteiger partial charge in [0.15, 0.2) is 6.61 Å². The Balaban J connectivity index is 2.85. The highest BCUT2D eigenvalue weighted by Gasteiger charge is 2.15. The van der Waals surface area contributed by atoms with Crippen molar-refractivity contribution in [2.45, 2.75) is 18.2 Å². The summed E-state index contributed by atoms with van der Waals surface area (Å²) in [5.41, 5.74) is 0. The molecule has 1 aromatic carbocycles. The fraction of sp³-hybridized carbons (Fsp3) is 0.417. The van der Waals surface area contributed by atoms with E-state index in [1.807, 2.05) is 6.92 Å². The third-order valence-corrected chi connectivity index (χ3v) is 4.41. The zero-order chi connectivity index (χ0) is 15.2. The van der Waals surface area contributed by atoms with Crippen LogP contribution in [0.15, 0.2) is 27.6 Å². The lowest BCUT2D eigenvalue weighted by Crippen LogP contribution is -2.24. The van der Waals surface area contributed by atoms with E-state index in [4.69, 9.17) is 4.74 Å². The van der Waals surface area contributed by atoms with Crippen molar-refractivity contribution in [3.05, 3.63) is 22.7 Å². The second-order valence-electron chi connectivity index (χ2n) is 3.85. The van der Waals surface area contributed by atoms with Crippen LogP contribution in [0.3, 0.4) is 0 Å². The number of methoxy groups -OCH3 is 1. The van der Waals surface area contributed by atoms with Crippen LogP contribution in [0.25, 0.3) is 0 Å². The van der Waals surface area contributed by atoms with Crippen LogP contribution in [0.1, 0.15) is 13.3 Å². The number of nitrogens with one attached hydrogen (secondary N) is 1. The largest absolute Gasteiger partial charge is 0.481 e. The van der Waals surface area contributed by atoms with E-state index < -0.39 is 16.0 Å². The van der Waals surface area contributed by atoms with Gasteiger partial charge in [0.05, 0.1) is 16.5 Å². The molecule has 112 valence electrons. The molecule has 1 rings (SSSR count). The minimum atomic E-state index is -3.52. The molecular weight excluding hydrogens is 350 g/mol. The fourth-order valence-corrected chi connectivity index (χ4v) is 3.09. The maximum Gasteiger partial charge on any atom is 0.343 e. The summed E-state index contributed by atoms with van der Waals surface area (Å²) in [6.07, 6.45) is 0.709. The summed E-state index contributed by atoms with van der Waals surface area (Å²) in [6.45, 7) is 2.01. The lowest BCUT2D eigenvalue weighted by molar-refractivity contribution is -0.142. The number of rotatable bonds is 7. The predicted octanol–water partition coefficient (Wildman–Crippen LogP) is 1.69. The first-order valence-corrected chi connectivity index (χ1v) is 8.17. The van der Waals surface area contributed by atoms with Crippen LogP contribution in [0.5, 0.6) is 5.75 Å². The third kappa shape index (κ3) is 4.77. The molecule has 6 nitrogen and oxygen atoms in total. The SMILES string of the molecule is CCCNS(=O)(=O)c1ccc(OCC(=O)OC)c(Br)c1. The molecule has 0 heterocycles. The van der Waals surface area contributed by atoms with Crippen LogP contribution < -0.4 is 9.46 Å². The van der Waals surface area contributed by atoms with Crippen molar-refractivity contribution >= 4 is 31.9 Å². The van der Waals surface area contributed by atoms with Crippen molar-refractivity contribution in [3.8, 4) is 5.75 Å². The number of benzene rings is 1. The number of sulfonamides is 1. The number of hydrogen-bond donors (Lipinski definition) is 1. The van der Waals surface area contributed by atoms with Crippen molar-refractivity contribution in [1.29, 1.82) is 0 Å². The lowest BCUT2D eigenvalue weighted by Gasteiger charge is -2.10. The molecule has 0 bridgehead atoms. The monoisotopic (exact) mass is 365 g/mol. The number of ether oxygens (including phenoxy) is 2. The number of carbonyl (C=O) groups is 1. The molecule has 0 aliphatic carbocycles. The van der Waals surface area contributed by atoms with Crippen LogP contribution in [0.4, 0.5) is 0 Å². The number of esters is 1. The quantitative estimate of drug-likeness (QED) is 0.743. The molecular formula is C12H16BrNO5S. The average Bonchev–Trinajstić information content (AvgIpc) is 2.43. The molecule has 0 saturated heterocycles. The van der Waals surface area contributed by atoms with Gasteiger partial charge in [-0.05, 0) is 40.5 Å². The van der Waals surface area contributed by atoms with Crippen LogP contribution in [-0.2, 0) is 19.6 Å². The Kier molecular flexibility index (Phi) is 6.44. The van der Waals surface area contributed by atoms with Crippen molar-refractivity contribution in [1.82, 2.24) is 4.72 Å². The Labute approximate surface area is 126 Å². The average molecular weight is 366 g/mol. The minimum absolute atomic E-state index is 0.128. The molecule has 0 amide bonds. The van der Waals surface area contributed by atoms with Crippen LogP contribution in [0, 0.1) is 0 Å². The highest BCUT2D eigenvalue weighted by atomic mass is 79.9. The second-order valence-corrected chi connectivity index (χ2v) is 6.48. The minimum Gasteiger partial charge on any atom is -0.481 e. The molecule has 0 aromatic heterocycles. The first-order valence-electron chi connectivity index (χ1n) is 5.89. The van der Waals surface area contributed by atoms with Gasteiger partial charge in [0.2, 0.25) is 10.0 Å². The summed E-state index contributed by atoms with van der Waals surface area (Å²) in [7, 11) is -2.27. The Hall–Kier alpha value is -1.12. The Morgan fingerprint density at radius 3 is 2.65 bits per heavy atom. The summed E-state index contributed by atoms with van der Waals surface area (Å²) >= 11 is 3.21. The molecule has 0 spiro atoms.